The van der Waals surface area contributed by atoms with E-state index in [-0.39, 0.29) is 0 Å². The lowest BCUT2D eigenvalue weighted by atomic mass is 10.1. The Kier molecular flexibility index (Phi) is 2.88. The fraction of sp³-hybridized carbons (Fsp3) is 0.545. The van der Waals surface area contributed by atoms with Crippen molar-refractivity contribution in [1.29, 1.82) is 0 Å². The Morgan fingerprint density at radius 3 is 3.00 bits per heavy atom. The second kappa shape index (κ2) is 4.16. The summed E-state index contributed by atoms with van der Waals surface area (Å²) < 4.78 is 5.06. The Morgan fingerprint density at radius 1 is 1.60 bits per heavy atom. The predicted molar refractivity (Wildman–Crippen MR) is 57.2 cm³/mol. The summed E-state index contributed by atoms with van der Waals surface area (Å²) in [6.07, 6.45) is 2.64. The highest BCUT2D eigenvalue weighted by molar-refractivity contribution is 5.64. The number of aliphatic hydroxyl groups excluding tert-OH is 1. The third-order valence-corrected chi connectivity index (χ3v) is 2.61. The fourth-order valence-corrected chi connectivity index (χ4v) is 1.72. The van der Waals surface area contributed by atoms with Gasteiger partial charge in [-0.25, -0.2) is 0 Å². The summed E-state index contributed by atoms with van der Waals surface area (Å²) in [4.78, 5) is 2.24. The van der Waals surface area contributed by atoms with E-state index in [1.807, 2.05) is 6.07 Å². The highest BCUT2D eigenvalue weighted by atomic mass is 16.5. The summed E-state index contributed by atoms with van der Waals surface area (Å²) in [5, 5.41) is 13.3. The molecule has 2 rings (SSSR count). The zero-order valence-electron chi connectivity index (χ0n) is 9.10. The second-order valence-corrected chi connectivity index (χ2v) is 4.05. The summed E-state index contributed by atoms with van der Waals surface area (Å²) in [6, 6.07) is 1.82. The molecular formula is C11H16N2O2. The van der Waals surface area contributed by atoms with E-state index >= 15 is 0 Å². The Hall–Kier alpha value is -1.13. The van der Waals surface area contributed by atoms with Gasteiger partial charge in [0, 0.05) is 19.2 Å². The molecule has 1 atom stereocenters. The molecule has 1 aliphatic rings. The molecular weight excluding hydrogens is 192 g/mol. The van der Waals surface area contributed by atoms with Crippen LogP contribution in [0, 0.1) is 0 Å². The molecule has 0 aliphatic carbocycles. The average molecular weight is 208 g/mol. The van der Waals surface area contributed by atoms with E-state index in [1.54, 1.807) is 6.92 Å². The Morgan fingerprint density at radius 2 is 2.40 bits per heavy atom. The molecule has 0 amide bonds. The van der Waals surface area contributed by atoms with Crippen molar-refractivity contribution in [2.75, 3.05) is 20.1 Å². The van der Waals surface area contributed by atoms with E-state index in [2.05, 4.69) is 23.2 Å². The van der Waals surface area contributed by atoms with Crippen molar-refractivity contribution in [2.24, 2.45) is 0 Å². The molecule has 15 heavy (non-hydrogen) atoms. The number of aromatic nitrogens is 1. The maximum atomic E-state index is 9.32. The first-order valence-corrected chi connectivity index (χ1v) is 5.19. The van der Waals surface area contributed by atoms with Gasteiger partial charge in [0.25, 0.3) is 0 Å². The van der Waals surface area contributed by atoms with E-state index in [4.69, 9.17) is 4.52 Å². The molecule has 4 heteroatoms. The van der Waals surface area contributed by atoms with Gasteiger partial charge in [-0.15, -0.1) is 0 Å². The number of likely N-dealkylation sites (N-methyl/N-ethyl adjacent to an activating group) is 1. The quantitative estimate of drug-likeness (QED) is 0.799. The molecule has 0 saturated heterocycles. The summed E-state index contributed by atoms with van der Waals surface area (Å²) >= 11 is 0. The summed E-state index contributed by atoms with van der Waals surface area (Å²) in [5.41, 5.74) is 2.02. The van der Waals surface area contributed by atoms with Crippen LogP contribution in [0.5, 0.6) is 0 Å². The number of hydrogen-bond acceptors (Lipinski definition) is 4. The van der Waals surface area contributed by atoms with Crippen LogP contribution in [0.4, 0.5) is 0 Å². The van der Waals surface area contributed by atoms with Gasteiger partial charge in [0.05, 0.1) is 0 Å². The molecule has 1 N–H and O–H groups in total. The van der Waals surface area contributed by atoms with Crippen molar-refractivity contribution in [3.8, 4) is 0 Å². The number of aliphatic hydroxyl groups is 1. The van der Waals surface area contributed by atoms with Crippen LogP contribution in [-0.2, 0) is 0 Å². The molecule has 4 nitrogen and oxygen atoms in total. The summed E-state index contributed by atoms with van der Waals surface area (Å²) in [6.45, 7) is 3.65. The molecule has 1 aliphatic heterocycles. The number of hydrogen-bond donors (Lipinski definition) is 1. The molecule has 0 bridgehead atoms. The molecule has 0 aromatic carbocycles. The van der Waals surface area contributed by atoms with Gasteiger partial charge in [-0.2, -0.15) is 0 Å². The van der Waals surface area contributed by atoms with Gasteiger partial charge in [0.2, 0.25) is 0 Å². The van der Waals surface area contributed by atoms with Crippen LogP contribution < -0.4 is 0 Å². The molecule has 1 aromatic heterocycles. The summed E-state index contributed by atoms with van der Waals surface area (Å²) in [7, 11) is 2.09. The molecule has 0 radical (unpaired) electrons. The lowest BCUT2D eigenvalue weighted by Crippen LogP contribution is -2.24. The van der Waals surface area contributed by atoms with Crippen LogP contribution in [0.2, 0.25) is 0 Å². The fourth-order valence-electron chi connectivity index (χ4n) is 1.72. The van der Waals surface area contributed by atoms with Crippen LogP contribution in [0.25, 0.3) is 5.57 Å². The van der Waals surface area contributed by atoms with E-state index in [0.29, 0.717) is 5.76 Å². The van der Waals surface area contributed by atoms with E-state index in [9.17, 15) is 5.11 Å². The minimum absolute atomic E-state index is 0.527. The smallest absolute Gasteiger partial charge is 0.165 e. The second-order valence-electron chi connectivity index (χ2n) is 4.05. The van der Waals surface area contributed by atoms with Crippen LogP contribution >= 0.6 is 0 Å². The average Bonchev–Trinajstić information content (AvgIpc) is 2.66. The van der Waals surface area contributed by atoms with Gasteiger partial charge in [-0.3, -0.25) is 0 Å². The first-order chi connectivity index (χ1) is 7.16. The van der Waals surface area contributed by atoms with Crippen molar-refractivity contribution in [3.05, 3.63) is 23.6 Å². The Labute approximate surface area is 89.2 Å². The summed E-state index contributed by atoms with van der Waals surface area (Å²) in [5.74, 6) is 0.527. The zero-order valence-corrected chi connectivity index (χ0v) is 9.10. The molecule has 1 unspecified atom stereocenters. The van der Waals surface area contributed by atoms with E-state index < -0.39 is 6.10 Å². The molecule has 2 heterocycles. The minimum atomic E-state index is -0.590. The van der Waals surface area contributed by atoms with Gasteiger partial charge in [-0.1, -0.05) is 11.2 Å². The minimum Gasteiger partial charge on any atom is -0.385 e. The number of rotatable bonds is 2. The SMILES string of the molecule is CC(O)c1cc(C2=CCCN(C)C2)no1. The van der Waals surface area contributed by atoms with Crippen molar-refractivity contribution >= 4 is 5.57 Å². The maximum absolute atomic E-state index is 9.32. The maximum Gasteiger partial charge on any atom is 0.165 e. The Bertz CT molecular complexity index is 368. The third kappa shape index (κ3) is 2.27. The van der Waals surface area contributed by atoms with Gasteiger partial charge in [-0.05, 0) is 26.0 Å². The largest absolute Gasteiger partial charge is 0.385 e. The van der Waals surface area contributed by atoms with Crippen LogP contribution in [0.3, 0.4) is 0 Å². The van der Waals surface area contributed by atoms with Crippen LogP contribution in [0.15, 0.2) is 16.7 Å². The van der Waals surface area contributed by atoms with Crippen LogP contribution in [0.1, 0.15) is 30.9 Å². The van der Waals surface area contributed by atoms with Crippen molar-refractivity contribution in [2.45, 2.75) is 19.4 Å². The normalized spacial score (nSPS) is 20.1. The molecule has 0 saturated carbocycles. The monoisotopic (exact) mass is 208 g/mol. The van der Waals surface area contributed by atoms with Crippen molar-refractivity contribution < 1.29 is 9.63 Å². The van der Waals surface area contributed by atoms with Gasteiger partial charge in [0.1, 0.15) is 11.8 Å². The van der Waals surface area contributed by atoms with Crippen LogP contribution in [-0.4, -0.2) is 35.3 Å². The lowest BCUT2D eigenvalue weighted by molar-refractivity contribution is 0.158. The third-order valence-electron chi connectivity index (χ3n) is 2.61. The van der Waals surface area contributed by atoms with Gasteiger partial charge >= 0.3 is 0 Å². The lowest BCUT2D eigenvalue weighted by Gasteiger charge is -2.21. The molecule has 1 aromatic rings. The van der Waals surface area contributed by atoms with E-state index in [0.717, 1.165) is 25.2 Å². The topological polar surface area (TPSA) is 49.5 Å². The van der Waals surface area contributed by atoms with E-state index in [1.165, 1.54) is 5.57 Å². The highest BCUT2D eigenvalue weighted by Gasteiger charge is 2.15. The van der Waals surface area contributed by atoms with Gasteiger partial charge < -0.3 is 14.5 Å². The predicted octanol–water partition coefficient (Wildman–Crippen LogP) is 1.45. The first kappa shape index (κ1) is 10.4. The Balaban J connectivity index is 2.18. The highest BCUT2D eigenvalue weighted by Crippen LogP contribution is 2.22. The zero-order chi connectivity index (χ0) is 10.8. The molecule has 0 fully saturated rings. The van der Waals surface area contributed by atoms with Crippen molar-refractivity contribution in [1.82, 2.24) is 10.1 Å². The molecule has 82 valence electrons. The number of nitrogens with zero attached hydrogens (tertiary/aromatic N) is 2. The first-order valence-electron chi connectivity index (χ1n) is 5.19. The molecule has 0 spiro atoms. The van der Waals surface area contributed by atoms with Crippen molar-refractivity contribution in [3.63, 3.8) is 0 Å². The standard InChI is InChI=1S/C11H16N2O2/c1-8(14)11-6-10(12-15-11)9-4-3-5-13(2)7-9/h4,6,8,14H,3,5,7H2,1-2H3. The van der Waals surface area contributed by atoms with Gasteiger partial charge in [0.15, 0.2) is 5.76 Å².